The fourth-order valence-electron chi connectivity index (χ4n) is 1.86. The third kappa shape index (κ3) is 2.18. The van der Waals surface area contributed by atoms with Gasteiger partial charge in [0.05, 0.1) is 5.69 Å². The Balaban J connectivity index is 2.09. The molecule has 0 saturated heterocycles. The van der Waals surface area contributed by atoms with Crippen molar-refractivity contribution < 1.29 is 15.0 Å². The van der Waals surface area contributed by atoms with Crippen LogP contribution in [0.2, 0.25) is 0 Å². The van der Waals surface area contributed by atoms with E-state index in [-0.39, 0.29) is 6.42 Å². The van der Waals surface area contributed by atoms with Gasteiger partial charge in [-0.1, -0.05) is 0 Å². The van der Waals surface area contributed by atoms with E-state index in [0.29, 0.717) is 5.69 Å². The van der Waals surface area contributed by atoms with Crippen LogP contribution in [0.3, 0.4) is 0 Å². The van der Waals surface area contributed by atoms with Crippen LogP contribution in [-0.2, 0) is 24.2 Å². The number of aryl methyl sites for hydroxylation is 2. The number of hydrogen-bond donors (Lipinski definition) is 2. The van der Waals surface area contributed by atoms with Gasteiger partial charge in [0.2, 0.25) is 0 Å². The number of hydrogen-bond acceptors (Lipinski definition) is 3. The second kappa shape index (κ2) is 4.02. The molecule has 0 aromatic carbocycles. The zero-order valence-corrected chi connectivity index (χ0v) is 8.39. The molecule has 1 aromatic rings. The van der Waals surface area contributed by atoms with Gasteiger partial charge in [-0.25, -0.2) is 9.78 Å². The van der Waals surface area contributed by atoms with E-state index in [1.54, 1.807) is 0 Å². The van der Waals surface area contributed by atoms with Gasteiger partial charge in [0, 0.05) is 25.6 Å². The van der Waals surface area contributed by atoms with Crippen molar-refractivity contribution in [3.8, 4) is 0 Å². The maximum atomic E-state index is 10.5. The largest absolute Gasteiger partial charge is 0.479 e. The van der Waals surface area contributed by atoms with Crippen LogP contribution in [-0.4, -0.2) is 31.8 Å². The Morgan fingerprint density at radius 1 is 1.60 bits per heavy atom. The van der Waals surface area contributed by atoms with Gasteiger partial charge in [0.1, 0.15) is 5.82 Å². The lowest BCUT2D eigenvalue weighted by Gasteiger charge is -2.11. The maximum absolute atomic E-state index is 10.5. The van der Waals surface area contributed by atoms with Crippen LogP contribution < -0.4 is 0 Å². The van der Waals surface area contributed by atoms with Crippen LogP contribution in [0.25, 0.3) is 0 Å². The van der Waals surface area contributed by atoms with Gasteiger partial charge in [-0.05, 0) is 12.8 Å². The fraction of sp³-hybridized carbons (Fsp3) is 0.600. The molecule has 0 bridgehead atoms. The molecule has 1 aliphatic rings. The monoisotopic (exact) mass is 210 g/mol. The standard InChI is InChI=1S/C10H14N2O3/c13-8(10(14)15)5-7-6-12-4-2-1-3-9(12)11-7/h6,8,13H,1-5H2,(H,14,15). The Bertz CT molecular complexity index is 349. The first-order valence-electron chi connectivity index (χ1n) is 5.12. The zero-order valence-electron chi connectivity index (χ0n) is 8.39. The normalized spacial score (nSPS) is 17.1. The lowest BCUT2D eigenvalue weighted by molar-refractivity contribution is -0.146. The van der Waals surface area contributed by atoms with E-state index >= 15 is 0 Å². The number of carbonyl (C=O) groups is 1. The second-order valence-electron chi connectivity index (χ2n) is 3.86. The molecule has 2 N–H and O–H groups in total. The minimum absolute atomic E-state index is 0.0926. The number of imidazole rings is 1. The third-order valence-electron chi connectivity index (χ3n) is 2.65. The molecule has 1 atom stereocenters. The molecule has 5 nitrogen and oxygen atoms in total. The van der Waals surface area contributed by atoms with Crippen molar-refractivity contribution in [2.24, 2.45) is 0 Å². The minimum Gasteiger partial charge on any atom is -0.479 e. The van der Waals surface area contributed by atoms with Gasteiger partial charge >= 0.3 is 5.97 Å². The quantitative estimate of drug-likeness (QED) is 0.747. The number of carboxylic acid groups (broad SMARTS) is 1. The van der Waals surface area contributed by atoms with E-state index in [0.717, 1.165) is 31.6 Å². The van der Waals surface area contributed by atoms with Gasteiger partial charge in [0.25, 0.3) is 0 Å². The highest BCUT2D eigenvalue weighted by Gasteiger charge is 2.18. The smallest absolute Gasteiger partial charge is 0.332 e. The van der Waals surface area contributed by atoms with Crippen molar-refractivity contribution in [3.63, 3.8) is 0 Å². The second-order valence-corrected chi connectivity index (χ2v) is 3.86. The molecule has 15 heavy (non-hydrogen) atoms. The van der Waals surface area contributed by atoms with Crippen LogP contribution in [0.15, 0.2) is 6.20 Å². The van der Waals surface area contributed by atoms with Gasteiger partial charge in [-0.15, -0.1) is 0 Å². The first-order chi connectivity index (χ1) is 7.16. The lowest BCUT2D eigenvalue weighted by Crippen LogP contribution is -2.22. The Kier molecular flexibility index (Phi) is 2.73. The van der Waals surface area contributed by atoms with E-state index in [9.17, 15) is 9.90 Å². The number of aliphatic hydroxyl groups is 1. The molecule has 82 valence electrons. The Morgan fingerprint density at radius 3 is 3.07 bits per heavy atom. The van der Waals surface area contributed by atoms with Crippen molar-refractivity contribution in [2.45, 2.75) is 38.3 Å². The van der Waals surface area contributed by atoms with Crippen molar-refractivity contribution in [2.75, 3.05) is 0 Å². The SMILES string of the molecule is O=C(O)C(O)Cc1cn2c(n1)CCCC2. The highest BCUT2D eigenvalue weighted by Crippen LogP contribution is 2.15. The molecule has 0 amide bonds. The van der Waals surface area contributed by atoms with Crippen molar-refractivity contribution in [1.82, 2.24) is 9.55 Å². The Hall–Kier alpha value is -1.36. The van der Waals surface area contributed by atoms with Crippen molar-refractivity contribution in [1.29, 1.82) is 0 Å². The Morgan fingerprint density at radius 2 is 2.40 bits per heavy atom. The number of nitrogens with zero attached hydrogens (tertiary/aromatic N) is 2. The summed E-state index contributed by atoms with van der Waals surface area (Å²) in [6.07, 6.45) is 3.82. The van der Waals surface area contributed by atoms with E-state index in [2.05, 4.69) is 4.98 Å². The average Bonchev–Trinajstić information content (AvgIpc) is 2.59. The molecule has 5 heteroatoms. The first kappa shape index (κ1) is 10.2. The molecule has 1 unspecified atom stereocenters. The highest BCUT2D eigenvalue weighted by atomic mass is 16.4. The number of rotatable bonds is 3. The fourth-order valence-corrected chi connectivity index (χ4v) is 1.86. The van der Waals surface area contributed by atoms with Crippen LogP contribution in [0, 0.1) is 0 Å². The summed E-state index contributed by atoms with van der Waals surface area (Å²) in [6, 6.07) is 0. The topological polar surface area (TPSA) is 75.3 Å². The summed E-state index contributed by atoms with van der Waals surface area (Å²) in [5.41, 5.74) is 0.668. The Labute approximate surface area is 87.4 Å². The molecular formula is C10H14N2O3. The van der Waals surface area contributed by atoms with Gasteiger partial charge < -0.3 is 14.8 Å². The summed E-state index contributed by atoms with van der Waals surface area (Å²) < 4.78 is 2.05. The van der Waals surface area contributed by atoms with Gasteiger partial charge in [-0.2, -0.15) is 0 Å². The average molecular weight is 210 g/mol. The molecule has 1 aliphatic heterocycles. The number of aliphatic hydroxyl groups excluding tert-OH is 1. The molecule has 1 aromatic heterocycles. The molecular weight excluding hydrogens is 196 g/mol. The molecule has 2 heterocycles. The molecule has 2 rings (SSSR count). The van der Waals surface area contributed by atoms with E-state index in [1.807, 2.05) is 10.8 Å². The van der Waals surface area contributed by atoms with Gasteiger partial charge in [-0.3, -0.25) is 0 Å². The lowest BCUT2D eigenvalue weighted by atomic mass is 10.2. The zero-order chi connectivity index (χ0) is 10.8. The molecule has 0 radical (unpaired) electrons. The number of aliphatic carboxylic acids is 1. The van der Waals surface area contributed by atoms with Crippen molar-refractivity contribution in [3.05, 3.63) is 17.7 Å². The maximum Gasteiger partial charge on any atom is 0.332 e. The minimum atomic E-state index is -1.35. The van der Waals surface area contributed by atoms with Gasteiger partial charge in [0.15, 0.2) is 6.10 Å². The summed E-state index contributed by atoms with van der Waals surface area (Å²) in [5.74, 6) is -0.185. The molecule has 0 aliphatic carbocycles. The van der Waals surface area contributed by atoms with Crippen LogP contribution in [0.4, 0.5) is 0 Å². The van der Waals surface area contributed by atoms with Crippen molar-refractivity contribution >= 4 is 5.97 Å². The predicted molar refractivity (Wildman–Crippen MR) is 52.5 cm³/mol. The van der Waals surface area contributed by atoms with E-state index in [1.165, 1.54) is 0 Å². The summed E-state index contributed by atoms with van der Waals surface area (Å²) in [4.78, 5) is 14.8. The number of aromatic nitrogens is 2. The van der Waals surface area contributed by atoms with E-state index < -0.39 is 12.1 Å². The summed E-state index contributed by atoms with van der Waals surface area (Å²) in [5, 5.41) is 17.8. The summed E-state index contributed by atoms with van der Waals surface area (Å²) in [7, 11) is 0. The highest BCUT2D eigenvalue weighted by molar-refractivity contribution is 5.72. The van der Waals surface area contributed by atoms with E-state index in [4.69, 9.17) is 5.11 Å². The number of carboxylic acids is 1. The predicted octanol–water partition coefficient (Wildman–Crippen LogP) is 0.207. The number of fused-ring (bicyclic) bond motifs is 1. The van der Waals surface area contributed by atoms with Crippen LogP contribution in [0.1, 0.15) is 24.4 Å². The first-order valence-corrected chi connectivity index (χ1v) is 5.12. The molecule has 0 spiro atoms. The summed E-state index contributed by atoms with van der Waals surface area (Å²) >= 11 is 0. The summed E-state index contributed by atoms with van der Waals surface area (Å²) in [6.45, 7) is 0.950. The third-order valence-corrected chi connectivity index (χ3v) is 2.65. The van der Waals surface area contributed by atoms with Crippen LogP contribution in [0.5, 0.6) is 0 Å². The van der Waals surface area contributed by atoms with Crippen LogP contribution >= 0.6 is 0 Å². The molecule has 0 saturated carbocycles. The molecule has 0 fully saturated rings.